The van der Waals surface area contributed by atoms with Gasteiger partial charge in [0, 0.05) is 28.7 Å². The number of rotatable bonds is 6. The highest BCUT2D eigenvalue weighted by Crippen LogP contribution is 2.21. The van der Waals surface area contributed by atoms with Crippen LogP contribution in [0.3, 0.4) is 0 Å². The van der Waals surface area contributed by atoms with Gasteiger partial charge in [0.05, 0.1) is 0 Å². The maximum atomic E-state index is 12.7. The summed E-state index contributed by atoms with van der Waals surface area (Å²) in [5.74, 6) is 1.06. The normalized spacial score (nSPS) is 10.6. The van der Waals surface area contributed by atoms with Crippen LogP contribution in [0.15, 0.2) is 66.0 Å². The van der Waals surface area contributed by atoms with Crippen LogP contribution in [0.1, 0.15) is 15.2 Å². The number of ether oxygens (including phenoxy) is 1. The minimum atomic E-state index is -0.213. The van der Waals surface area contributed by atoms with Gasteiger partial charge in [-0.25, -0.2) is 4.68 Å². The Morgan fingerprint density at radius 3 is 2.82 bits per heavy atom. The van der Waals surface area contributed by atoms with Crippen molar-refractivity contribution >= 4 is 22.9 Å². The van der Waals surface area contributed by atoms with Gasteiger partial charge in [0.15, 0.2) is 5.82 Å². The molecule has 1 N–H and O–H groups in total. The Kier molecular flexibility index (Phi) is 5.11. The minimum Gasteiger partial charge on any atom is -0.488 e. The van der Waals surface area contributed by atoms with Crippen molar-refractivity contribution in [3.05, 3.63) is 76.5 Å². The summed E-state index contributed by atoms with van der Waals surface area (Å²) >= 11 is 1.64. The van der Waals surface area contributed by atoms with E-state index in [1.807, 2.05) is 47.8 Å². The molecule has 2 aromatic heterocycles. The maximum absolute atomic E-state index is 12.7. The number of aryl methyl sites for hydroxylation is 1. The average Bonchev–Trinajstić information content (AvgIpc) is 3.38. The Labute approximate surface area is 165 Å². The van der Waals surface area contributed by atoms with Crippen molar-refractivity contribution in [2.24, 2.45) is 7.05 Å². The van der Waals surface area contributed by atoms with Crippen LogP contribution < -0.4 is 10.1 Å². The van der Waals surface area contributed by atoms with Crippen LogP contribution >= 0.6 is 11.3 Å². The molecule has 0 unspecified atom stereocenters. The Morgan fingerprint density at radius 1 is 1.14 bits per heavy atom. The predicted molar refractivity (Wildman–Crippen MR) is 107 cm³/mol. The zero-order valence-corrected chi connectivity index (χ0v) is 15.9. The highest BCUT2D eigenvalue weighted by atomic mass is 32.1. The molecule has 4 aromatic rings. The SMILES string of the molecule is Cn1nnnc1-c1cccc(NC(=O)c2cccc(OCc3cccs3)c2)c1. The molecule has 0 saturated carbocycles. The number of carbonyl (C=O) groups is 1. The van der Waals surface area contributed by atoms with Gasteiger partial charge in [-0.1, -0.05) is 24.3 Å². The fourth-order valence-electron chi connectivity index (χ4n) is 2.69. The Hall–Kier alpha value is -3.52. The number of tetrazole rings is 1. The zero-order valence-electron chi connectivity index (χ0n) is 15.1. The molecular formula is C20H17N5O2S. The Morgan fingerprint density at radius 2 is 2.04 bits per heavy atom. The smallest absolute Gasteiger partial charge is 0.255 e. The van der Waals surface area contributed by atoms with E-state index in [0.717, 1.165) is 10.4 Å². The van der Waals surface area contributed by atoms with E-state index in [2.05, 4.69) is 20.8 Å². The second-order valence-electron chi connectivity index (χ2n) is 6.06. The molecule has 7 nitrogen and oxygen atoms in total. The third-order valence-electron chi connectivity index (χ3n) is 4.06. The fraction of sp³-hybridized carbons (Fsp3) is 0.100. The molecule has 0 atom stereocenters. The Bertz CT molecular complexity index is 1090. The lowest BCUT2D eigenvalue weighted by Gasteiger charge is -2.09. The number of nitrogens with one attached hydrogen (secondary N) is 1. The van der Waals surface area contributed by atoms with Gasteiger partial charge in [-0.05, 0) is 52.2 Å². The highest BCUT2D eigenvalue weighted by Gasteiger charge is 2.10. The standard InChI is InChI=1S/C20H17N5O2S/c1-25-19(22-23-24-25)14-5-2-7-16(11-14)21-20(26)15-6-3-8-17(12-15)27-13-18-9-4-10-28-18/h2-12H,13H2,1H3,(H,21,26). The van der Waals surface area contributed by atoms with E-state index in [9.17, 15) is 4.79 Å². The monoisotopic (exact) mass is 391 g/mol. The summed E-state index contributed by atoms with van der Waals surface area (Å²) < 4.78 is 7.36. The van der Waals surface area contributed by atoms with E-state index in [1.54, 1.807) is 41.3 Å². The number of carbonyl (C=O) groups excluding carboxylic acids is 1. The van der Waals surface area contributed by atoms with Gasteiger partial charge in [0.1, 0.15) is 12.4 Å². The largest absolute Gasteiger partial charge is 0.488 e. The third-order valence-corrected chi connectivity index (χ3v) is 4.91. The van der Waals surface area contributed by atoms with Crippen LogP contribution in [-0.2, 0) is 13.7 Å². The average molecular weight is 391 g/mol. The highest BCUT2D eigenvalue weighted by molar-refractivity contribution is 7.09. The minimum absolute atomic E-state index is 0.213. The van der Waals surface area contributed by atoms with E-state index >= 15 is 0 Å². The number of thiophene rings is 1. The quantitative estimate of drug-likeness (QED) is 0.541. The molecule has 0 aliphatic rings. The molecule has 1 amide bonds. The first-order chi connectivity index (χ1) is 13.7. The number of amides is 1. The first-order valence-corrected chi connectivity index (χ1v) is 9.46. The zero-order chi connectivity index (χ0) is 19.3. The van der Waals surface area contributed by atoms with Crippen LogP contribution in [0.2, 0.25) is 0 Å². The molecule has 2 aromatic carbocycles. The van der Waals surface area contributed by atoms with Gasteiger partial charge in [-0.3, -0.25) is 4.79 Å². The summed E-state index contributed by atoms with van der Waals surface area (Å²) in [7, 11) is 1.77. The van der Waals surface area contributed by atoms with Gasteiger partial charge in [0.2, 0.25) is 0 Å². The van der Waals surface area contributed by atoms with Crippen molar-refractivity contribution in [2.45, 2.75) is 6.61 Å². The van der Waals surface area contributed by atoms with Crippen molar-refractivity contribution in [3.8, 4) is 17.1 Å². The molecule has 0 fully saturated rings. The van der Waals surface area contributed by atoms with Crippen molar-refractivity contribution in [1.29, 1.82) is 0 Å². The molecule has 4 rings (SSSR count). The number of anilines is 1. The van der Waals surface area contributed by atoms with Crippen molar-refractivity contribution < 1.29 is 9.53 Å². The third kappa shape index (κ3) is 4.07. The van der Waals surface area contributed by atoms with Gasteiger partial charge in [-0.15, -0.1) is 16.4 Å². The van der Waals surface area contributed by atoms with E-state index in [1.165, 1.54) is 0 Å². The molecule has 0 spiro atoms. The van der Waals surface area contributed by atoms with Crippen molar-refractivity contribution in [3.63, 3.8) is 0 Å². The molecule has 140 valence electrons. The number of hydrogen-bond donors (Lipinski definition) is 1. The summed E-state index contributed by atoms with van der Waals surface area (Å²) in [6, 6.07) is 18.5. The predicted octanol–water partition coefficient (Wildman–Crippen LogP) is 3.77. The first-order valence-electron chi connectivity index (χ1n) is 8.58. The summed E-state index contributed by atoms with van der Waals surface area (Å²) in [5.41, 5.74) is 2.00. The van der Waals surface area contributed by atoms with Gasteiger partial charge >= 0.3 is 0 Å². The maximum Gasteiger partial charge on any atom is 0.255 e. The molecule has 2 heterocycles. The lowest BCUT2D eigenvalue weighted by Crippen LogP contribution is -2.12. The summed E-state index contributed by atoms with van der Waals surface area (Å²) in [6.45, 7) is 0.483. The topological polar surface area (TPSA) is 81.9 Å². The second-order valence-corrected chi connectivity index (χ2v) is 7.09. The van der Waals surface area contributed by atoms with Crippen LogP contribution in [0, 0.1) is 0 Å². The lowest BCUT2D eigenvalue weighted by atomic mass is 10.1. The van der Waals surface area contributed by atoms with Crippen LogP contribution in [0.25, 0.3) is 11.4 Å². The van der Waals surface area contributed by atoms with Crippen LogP contribution in [-0.4, -0.2) is 26.1 Å². The van der Waals surface area contributed by atoms with Gasteiger partial charge in [0.25, 0.3) is 5.91 Å². The molecule has 28 heavy (non-hydrogen) atoms. The number of aromatic nitrogens is 4. The summed E-state index contributed by atoms with van der Waals surface area (Å²) in [4.78, 5) is 13.8. The molecular weight excluding hydrogens is 374 g/mol. The molecule has 0 saturated heterocycles. The van der Waals surface area contributed by atoms with Crippen molar-refractivity contribution in [1.82, 2.24) is 20.2 Å². The lowest BCUT2D eigenvalue weighted by molar-refractivity contribution is 0.102. The summed E-state index contributed by atoms with van der Waals surface area (Å²) in [5, 5.41) is 16.4. The fourth-order valence-corrected chi connectivity index (χ4v) is 3.31. The molecule has 0 aliphatic carbocycles. The Balaban J connectivity index is 1.46. The van der Waals surface area contributed by atoms with Gasteiger partial charge in [-0.2, -0.15) is 0 Å². The molecule has 0 aliphatic heterocycles. The second kappa shape index (κ2) is 8.01. The molecule has 0 radical (unpaired) electrons. The van der Waals surface area contributed by atoms with Crippen molar-refractivity contribution in [2.75, 3.05) is 5.32 Å². The molecule has 0 bridgehead atoms. The van der Waals surface area contributed by atoms with Crippen LogP contribution in [0.5, 0.6) is 5.75 Å². The van der Waals surface area contributed by atoms with E-state index in [4.69, 9.17) is 4.74 Å². The first kappa shape index (κ1) is 17.9. The molecule has 8 heteroatoms. The van der Waals surface area contributed by atoms with E-state index in [0.29, 0.717) is 29.4 Å². The van der Waals surface area contributed by atoms with E-state index < -0.39 is 0 Å². The number of nitrogens with zero attached hydrogens (tertiary/aromatic N) is 4. The summed E-state index contributed by atoms with van der Waals surface area (Å²) in [6.07, 6.45) is 0. The van der Waals surface area contributed by atoms with Crippen LogP contribution in [0.4, 0.5) is 5.69 Å². The number of benzene rings is 2. The van der Waals surface area contributed by atoms with E-state index in [-0.39, 0.29) is 5.91 Å². The van der Waals surface area contributed by atoms with Gasteiger partial charge < -0.3 is 10.1 Å². The number of hydrogen-bond acceptors (Lipinski definition) is 6.